The first-order valence-electron chi connectivity index (χ1n) is 8.91. The van der Waals surface area contributed by atoms with E-state index in [9.17, 15) is 9.59 Å². The maximum atomic E-state index is 13.1. The number of amides is 2. The largest absolute Gasteiger partial charge is 0.494 e. The quantitative estimate of drug-likeness (QED) is 0.831. The van der Waals surface area contributed by atoms with E-state index in [1.165, 1.54) is 6.92 Å². The van der Waals surface area contributed by atoms with Crippen LogP contribution in [0.1, 0.15) is 31.0 Å². The van der Waals surface area contributed by atoms with Crippen LogP contribution in [0.2, 0.25) is 5.02 Å². The van der Waals surface area contributed by atoms with Crippen molar-refractivity contribution in [2.75, 3.05) is 18.3 Å². The van der Waals surface area contributed by atoms with Crippen molar-refractivity contribution in [3.8, 4) is 17.2 Å². The molecule has 0 aromatic heterocycles. The summed E-state index contributed by atoms with van der Waals surface area (Å²) in [4.78, 5) is 26.3. The number of ether oxygens (including phenoxy) is 3. The van der Waals surface area contributed by atoms with E-state index in [1.807, 2.05) is 13.0 Å². The van der Waals surface area contributed by atoms with Gasteiger partial charge in [-0.1, -0.05) is 11.6 Å². The lowest BCUT2D eigenvalue weighted by Gasteiger charge is -2.19. The third-order valence-electron chi connectivity index (χ3n) is 4.64. The molecule has 2 aromatic carbocycles. The molecule has 2 aliphatic heterocycles. The van der Waals surface area contributed by atoms with E-state index in [0.29, 0.717) is 40.1 Å². The summed E-state index contributed by atoms with van der Waals surface area (Å²) in [6, 6.07) is 8.11. The summed E-state index contributed by atoms with van der Waals surface area (Å²) >= 11 is 6.39. The smallest absolute Gasteiger partial charge is 0.254 e. The lowest BCUT2D eigenvalue weighted by molar-refractivity contribution is -0.126. The number of rotatable bonds is 5. The fraction of sp³-hybridized carbons (Fsp3) is 0.300. The molecule has 0 bridgehead atoms. The molecular weight excluding hydrogens is 384 g/mol. The molecule has 0 spiro atoms. The van der Waals surface area contributed by atoms with Gasteiger partial charge in [0.05, 0.1) is 18.8 Å². The van der Waals surface area contributed by atoms with Gasteiger partial charge in [0.1, 0.15) is 11.8 Å². The van der Waals surface area contributed by atoms with Crippen LogP contribution in [-0.4, -0.2) is 25.2 Å². The van der Waals surface area contributed by atoms with Gasteiger partial charge in [-0.3, -0.25) is 9.59 Å². The highest BCUT2D eigenvalue weighted by atomic mass is 35.5. The summed E-state index contributed by atoms with van der Waals surface area (Å²) < 4.78 is 16.3. The Balaban J connectivity index is 1.70. The monoisotopic (exact) mass is 402 g/mol. The number of carbonyl (C=O) groups excluding carboxylic acids is 2. The molecule has 1 N–H and O–H groups in total. The number of halogens is 1. The second kappa shape index (κ2) is 7.24. The van der Waals surface area contributed by atoms with Crippen molar-refractivity contribution in [2.45, 2.75) is 26.4 Å². The normalized spacial score (nSPS) is 16.9. The number of anilines is 1. The SMILES string of the molecule is CCOc1ccc2c(c1)[C@@H](NC(C)=O)C(=O)N2Cc1cc2c(cc1Cl)OCO2. The number of hydrogen-bond acceptors (Lipinski definition) is 5. The number of nitrogens with zero attached hydrogens (tertiary/aromatic N) is 1. The van der Waals surface area contributed by atoms with Gasteiger partial charge < -0.3 is 24.4 Å². The van der Waals surface area contributed by atoms with Crippen molar-refractivity contribution in [1.82, 2.24) is 5.32 Å². The lowest BCUT2D eigenvalue weighted by Crippen LogP contribution is -2.36. The molecule has 8 heteroatoms. The highest BCUT2D eigenvalue weighted by molar-refractivity contribution is 6.31. The zero-order chi connectivity index (χ0) is 19.8. The number of carbonyl (C=O) groups is 2. The highest BCUT2D eigenvalue weighted by Gasteiger charge is 2.38. The van der Waals surface area contributed by atoms with Crippen LogP contribution in [0.15, 0.2) is 30.3 Å². The number of nitrogens with one attached hydrogen (secondary N) is 1. The first-order valence-corrected chi connectivity index (χ1v) is 9.29. The van der Waals surface area contributed by atoms with Crippen molar-refractivity contribution in [2.24, 2.45) is 0 Å². The van der Waals surface area contributed by atoms with Crippen molar-refractivity contribution >= 4 is 29.1 Å². The zero-order valence-electron chi connectivity index (χ0n) is 15.5. The molecule has 1 atom stereocenters. The van der Waals surface area contributed by atoms with E-state index in [-0.39, 0.29) is 25.2 Å². The molecule has 0 radical (unpaired) electrons. The molecule has 0 unspecified atom stereocenters. The molecule has 7 nitrogen and oxygen atoms in total. The summed E-state index contributed by atoms with van der Waals surface area (Å²) in [5, 5.41) is 3.20. The molecule has 0 saturated carbocycles. The van der Waals surface area contributed by atoms with Crippen LogP contribution in [-0.2, 0) is 16.1 Å². The Labute approximate surface area is 167 Å². The van der Waals surface area contributed by atoms with E-state index >= 15 is 0 Å². The van der Waals surface area contributed by atoms with Crippen LogP contribution >= 0.6 is 11.6 Å². The molecular formula is C20H19ClN2O5. The van der Waals surface area contributed by atoms with Crippen LogP contribution in [0.5, 0.6) is 17.2 Å². The van der Waals surface area contributed by atoms with Crippen LogP contribution < -0.4 is 24.4 Å². The average Bonchev–Trinajstić information content (AvgIpc) is 3.20. The fourth-order valence-corrected chi connectivity index (χ4v) is 3.64. The predicted molar refractivity (Wildman–Crippen MR) is 103 cm³/mol. The van der Waals surface area contributed by atoms with Gasteiger partial charge in [-0.05, 0) is 36.8 Å². The Morgan fingerprint density at radius 1 is 1.29 bits per heavy atom. The summed E-state index contributed by atoms with van der Waals surface area (Å²) in [5.74, 6) is 1.31. The highest BCUT2D eigenvalue weighted by Crippen LogP contribution is 2.42. The van der Waals surface area contributed by atoms with Crippen LogP contribution in [0.4, 0.5) is 5.69 Å². The van der Waals surface area contributed by atoms with Crippen molar-refractivity contribution in [1.29, 1.82) is 0 Å². The summed E-state index contributed by atoms with van der Waals surface area (Å²) in [6.07, 6.45) is 0. The number of hydrogen-bond donors (Lipinski definition) is 1. The first kappa shape index (κ1) is 18.4. The second-order valence-corrected chi connectivity index (χ2v) is 6.92. The van der Waals surface area contributed by atoms with E-state index in [4.69, 9.17) is 25.8 Å². The van der Waals surface area contributed by atoms with Crippen LogP contribution in [0, 0.1) is 0 Å². The van der Waals surface area contributed by atoms with Crippen molar-refractivity contribution in [3.05, 3.63) is 46.5 Å². The van der Waals surface area contributed by atoms with Crippen molar-refractivity contribution in [3.63, 3.8) is 0 Å². The minimum Gasteiger partial charge on any atom is -0.494 e. The summed E-state index contributed by atoms with van der Waals surface area (Å²) in [5.41, 5.74) is 2.13. The molecule has 0 aliphatic carbocycles. The molecule has 2 amide bonds. The van der Waals surface area contributed by atoms with Gasteiger partial charge in [0.25, 0.3) is 5.91 Å². The van der Waals surface area contributed by atoms with Crippen LogP contribution in [0.25, 0.3) is 0 Å². The Kier molecular flexibility index (Phi) is 4.77. The second-order valence-electron chi connectivity index (χ2n) is 6.51. The summed E-state index contributed by atoms with van der Waals surface area (Å²) in [7, 11) is 0. The fourth-order valence-electron chi connectivity index (χ4n) is 3.43. The van der Waals surface area contributed by atoms with E-state index < -0.39 is 6.04 Å². The average molecular weight is 403 g/mol. The Morgan fingerprint density at radius 2 is 2.04 bits per heavy atom. The zero-order valence-corrected chi connectivity index (χ0v) is 16.2. The maximum absolute atomic E-state index is 13.1. The topological polar surface area (TPSA) is 77.1 Å². The molecule has 2 aliphatic rings. The molecule has 146 valence electrons. The standard InChI is InChI=1S/C20H19ClN2O5/c1-3-26-13-4-5-16-14(7-13)19(22-11(2)24)20(25)23(16)9-12-6-17-18(8-15(12)21)28-10-27-17/h4-8,19H,3,9-10H2,1-2H3,(H,22,24)/t19-/m1/s1. The molecule has 4 rings (SSSR count). The van der Waals surface area contributed by atoms with Gasteiger partial charge in [0.2, 0.25) is 12.7 Å². The minimum absolute atomic E-state index is 0.144. The Hall–Kier alpha value is -2.93. The molecule has 28 heavy (non-hydrogen) atoms. The van der Waals surface area contributed by atoms with E-state index in [1.54, 1.807) is 29.2 Å². The predicted octanol–water partition coefficient (Wildman–Crippen LogP) is 3.19. The molecule has 2 heterocycles. The third kappa shape index (κ3) is 3.22. The lowest BCUT2D eigenvalue weighted by atomic mass is 10.1. The van der Waals surface area contributed by atoms with E-state index in [2.05, 4.69) is 5.32 Å². The van der Waals surface area contributed by atoms with Gasteiger partial charge in [-0.15, -0.1) is 0 Å². The van der Waals surface area contributed by atoms with Gasteiger partial charge in [-0.25, -0.2) is 0 Å². The maximum Gasteiger partial charge on any atom is 0.254 e. The van der Waals surface area contributed by atoms with Gasteiger partial charge in [0.15, 0.2) is 11.5 Å². The third-order valence-corrected chi connectivity index (χ3v) is 4.99. The van der Waals surface area contributed by atoms with Crippen molar-refractivity contribution < 1.29 is 23.8 Å². The van der Waals surface area contributed by atoms with Gasteiger partial charge in [-0.2, -0.15) is 0 Å². The van der Waals surface area contributed by atoms with Gasteiger partial charge in [0, 0.05) is 23.6 Å². The summed E-state index contributed by atoms with van der Waals surface area (Å²) in [6.45, 7) is 4.17. The number of benzene rings is 2. The molecule has 2 aromatic rings. The Bertz CT molecular complexity index is 962. The number of fused-ring (bicyclic) bond motifs is 2. The van der Waals surface area contributed by atoms with E-state index in [0.717, 1.165) is 5.56 Å². The molecule has 0 saturated heterocycles. The van der Waals surface area contributed by atoms with Gasteiger partial charge >= 0.3 is 0 Å². The van der Waals surface area contributed by atoms with Crippen LogP contribution in [0.3, 0.4) is 0 Å². The Morgan fingerprint density at radius 3 is 2.75 bits per heavy atom. The minimum atomic E-state index is -0.763. The first-order chi connectivity index (χ1) is 13.5. The molecule has 0 fully saturated rings.